The Morgan fingerprint density at radius 2 is 0.711 bits per heavy atom. The maximum Gasteiger partial charge on any atom is 0.227 e. The van der Waals surface area contributed by atoms with Gasteiger partial charge in [0.25, 0.3) is 0 Å². The Morgan fingerprint density at radius 1 is 0.359 bits per heavy atom. The molecule has 646 valence electrons. The summed E-state index contributed by atoms with van der Waals surface area (Å²) >= 11 is 0. The maximum atomic E-state index is 9.03. The van der Waals surface area contributed by atoms with E-state index in [1.54, 1.807) is 30.5 Å². The summed E-state index contributed by atoms with van der Waals surface area (Å²) in [4.78, 5) is 22.9. The molecule has 15 heterocycles. The number of benzene rings is 5. The molecule has 0 radical (unpaired) electrons. The number of fused-ring (bicyclic) bond motifs is 15. The van der Waals surface area contributed by atoms with E-state index in [9.17, 15) is 0 Å². The van der Waals surface area contributed by atoms with Crippen molar-refractivity contribution in [3.05, 3.63) is 297 Å². The molecule has 1 aliphatic rings. The minimum atomic E-state index is -2.54. The number of furan rings is 5. The third-order valence-electron chi connectivity index (χ3n) is 24.4. The van der Waals surface area contributed by atoms with Gasteiger partial charge in [-0.05, 0) is 231 Å². The monoisotopic (exact) mass is 1710 g/mol. The average Bonchev–Trinajstić information content (AvgIpc) is 1.27. The number of pyridine rings is 10. The topological polar surface area (TPSA) is 150 Å². The van der Waals surface area contributed by atoms with E-state index in [4.69, 9.17) is 41.3 Å². The number of hydrogen-bond acceptors (Lipinski definition) is 10. The summed E-state index contributed by atoms with van der Waals surface area (Å²) in [6, 6.07) is 60.3. The van der Waals surface area contributed by atoms with Crippen LogP contribution in [-0.2, 0) is 48.1 Å². The van der Waals surface area contributed by atoms with Crippen molar-refractivity contribution in [1.82, 2.24) is 24.9 Å². The molecule has 128 heavy (non-hydrogen) atoms. The summed E-state index contributed by atoms with van der Waals surface area (Å²) in [5.41, 5.74) is 30.8. The molecule has 1 saturated carbocycles. The zero-order chi connectivity index (χ0) is 102. The second-order valence-corrected chi connectivity index (χ2v) is 34.6. The normalized spacial score (nSPS) is 16.4. The fraction of sp³-hybridized carbons (Fsp3) is 0.292. The van der Waals surface area contributed by atoms with Gasteiger partial charge in [0.1, 0.15) is 35.2 Å². The highest BCUT2D eigenvalue weighted by Gasteiger charge is 2.29. The summed E-state index contributed by atoms with van der Waals surface area (Å²) in [5.74, 6) is -6.41. The van der Waals surface area contributed by atoms with Crippen LogP contribution in [0.15, 0.2) is 235 Å². The molecule has 0 saturated heterocycles. The Hall–Kier alpha value is -13.4. The molecule has 2 atom stereocenters. The van der Waals surface area contributed by atoms with Crippen molar-refractivity contribution in [2.24, 2.45) is 41.1 Å². The molecule has 1 aliphatic carbocycles. The SMILES string of the molecule is CCc1ccc2c(n1)oc1c(-c3ccc(C)c[n+]3C)c(C)ccc12.Cc1ccc(-c2c(C)ccc3c2oc2nc(C)ccc23)[n+](C)c1.[2H]C(C)(C)c1ccc2c(n1)oc1c(-c3ccc(C)c[n+]3C)c(C)ccc12.[2H]C([2H])([2H])C([2H])(C)Cc1ccc2c(n1)oc1c(-c3ccc(C)c[n+]3C)c(C)ccc12.[2H]C([2H])([2H])C([2H])(C)c1cc[n+](C)c(-c2c(C)ccc3c2oc2nc(C4([2H])C([2H])([2H])CCCC4([2H])[2H])ccc23)c1. The molecule has 20 aromatic rings. The number of aryl methyl sites for hydroxylation is 16. The largest absolute Gasteiger partial charge is 0.437 e. The molecule has 0 spiro atoms. The number of rotatable bonds is 11. The minimum absolute atomic E-state index is 0.0165. The van der Waals surface area contributed by atoms with Crippen LogP contribution in [0.5, 0.6) is 0 Å². The predicted octanol–water partition coefficient (Wildman–Crippen LogP) is 26.5. The highest BCUT2D eigenvalue weighted by atomic mass is 16.4. The third kappa shape index (κ3) is 17.0. The van der Waals surface area contributed by atoms with E-state index >= 15 is 0 Å². The zero-order valence-corrected chi connectivity index (χ0v) is 76.8. The Kier molecular flexibility index (Phi) is 19.8. The molecule has 0 N–H and O–H groups in total. The van der Waals surface area contributed by atoms with Crippen LogP contribution in [0.4, 0.5) is 0 Å². The van der Waals surface area contributed by atoms with Gasteiger partial charge in [0.2, 0.25) is 57.0 Å². The lowest BCUT2D eigenvalue weighted by Gasteiger charge is -2.20. The van der Waals surface area contributed by atoms with E-state index < -0.39 is 50.0 Å². The minimum Gasteiger partial charge on any atom is -0.437 e. The number of hydrogen-bond donors (Lipinski definition) is 0. The maximum absolute atomic E-state index is 9.03. The lowest BCUT2D eigenvalue weighted by molar-refractivity contribution is -0.660. The summed E-state index contributed by atoms with van der Waals surface area (Å²) < 4.78 is 156. The molecular formula is C113H119N10O5+5. The Morgan fingerprint density at radius 3 is 1.10 bits per heavy atom. The number of aromatic nitrogens is 10. The third-order valence-corrected chi connectivity index (χ3v) is 24.4. The van der Waals surface area contributed by atoms with E-state index in [2.05, 4.69) is 261 Å². The fourth-order valence-electron chi connectivity index (χ4n) is 17.7. The second kappa shape index (κ2) is 35.8. The first kappa shape index (κ1) is 70.7. The van der Waals surface area contributed by atoms with Crippen molar-refractivity contribution in [3.8, 4) is 56.3 Å². The van der Waals surface area contributed by atoms with Gasteiger partial charge in [-0.2, -0.15) is 0 Å². The van der Waals surface area contributed by atoms with Gasteiger partial charge in [-0.15, -0.1) is 0 Å². The van der Waals surface area contributed by atoms with Crippen molar-refractivity contribution < 1.29 is 64.1 Å². The van der Waals surface area contributed by atoms with Crippen molar-refractivity contribution in [3.63, 3.8) is 0 Å². The van der Waals surface area contributed by atoms with Crippen LogP contribution in [0.2, 0.25) is 0 Å². The summed E-state index contributed by atoms with van der Waals surface area (Å²) in [5, 5.41) is 9.66. The quantitative estimate of drug-likeness (QED) is 0.115. The van der Waals surface area contributed by atoms with Crippen molar-refractivity contribution in [1.29, 1.82) is 0 Å². The van der Waals surface area contributed by atoms with Gasteiger partial charge in [0, 0.05) is 166 Å². The van der Waals surface area contributed by atoms with Crippen LogP contribution in [0.25, 0.3) is 167 Å². The van der Waals surface area contributed by atoms with Gasteiger partial charge in [-0.1, -0.05) is 128 Å². The van der Waals surface area contributed by atoms with Crippen LogP contribution in [0.3, 0.4) is 0 Å². The first-order valence-electron chi connectivity index (χ1n) is 50.8. The van der Waals surface area contributed by atoms with Crippen LogP contribution >= 0.6 is 0 Å². The summed E-state index contributed by atoms with van der Waals surface area (Å²) in [6.07, 6.45) is 7.37. The van der Waals surface area contributed by atoms with Gasteiger partial charge < -0.3 is 22.1 Å². The van der Waals surface area contributed by atoms with Crippen LogP contribution in [0.1, 0.15) is 201 Å². The molecule has 1 fully saturated rings. The Labute approximate surface area is 770 Å². The zero-order valence-electron chi connectivity index (χ0n) is 90.8. The molecule has 15 aromatic heterocycles. The molecular weight excluding hydrogens is 1580 g/mol. The Balaban J connectivity index is 0.000000124. The Bertz CT molecular complexity index is 8410. The molecule has 15 nitrogen and oxygen atoms in total. The van der Waals surface area contributed by atoms with E-state index in [-0.39, 0.29) is 30.7 Å². The second-order valence-electron chi connectivity index (χ2n) is 34.6. The average molecular weight is 1710 g/mol. The van der Waals surface area contributed by atoms with Crippen molar-refractivity contribution >= 4 is 110 Å². The van der Waals surface area contributed by atoms with E-state index in [0.29, 0.717) is 62.7 Å². The van der Waals surface area contributed by atoms with Crippen molar-refractivity contribution in [2.75, 3.05) is 0 Å². The van der Waals surface area contributed by atoms with E-state index in [1.807, 2.05) is 88.8 Å². The number of nitrogens with zero attached hydrogens (tertiary/aromatic N) is 10. The van der Waals surface area contributed by atoms with Gasteiger partial charge in [0.15, 0.2) is 58.9 Å². The lowest BCUT2D eigenvalue weighted by atomic mass is 9.86. The van der Waals surface area contributed by atoms with Gasteiger partial charge in [0.05, 0.1) is 27.8 Å². The molecule has 5 aromatic carbocycles. The summed E-state index contributed by atoms with van der Waals surface area (Å²) in [6.45, 7) is 24.3. The first-order valence-corrected chi connectivity index (χ1v) is 43.8. The standard InChI is InChI=1S/C27H31N2O.C23H25N2O.C22H23N2O.C21H21N2O.C20H19N2O/c1-17(2)20-14-15-29(4)24(16-20)25-18(3)10-11-21-22-12-13-23(19-8-6-5-7-9-19)28-27(22)30-26(21)25;1-14(2)12-17-8-10-19-18-9-7-16(4)21(22(18)26-23(19)24-17)20-11-6-15(3)13-25(20)5;1-13(2)18-10-9-17-16-8-7-15(4)20(21(16)25-22(17)23-18)19-11-6-14(3)12-24(19)5;1-5-15-8-10-17-16-9-7-14(3)19(20(16)24-21(17)22-15)18-11-6-13(2)12-23(18)4;1-12-5-10-17(22(4)11-12)18-13(2)6-8-15-16-9-7-14(3)21-20(16)23-19(15)18/h10-17,19H,5-9H2,1-4H3;6-11,13-14H,12H2,1-5H3;6-13H,1-5H3;6-12H,5H2,1-4H3;5-11H,1-4H3/q5*+1/i1D3,8D2,9D2,17D,19D;1D3,14D;13D;;. The molecule has 2 unspecified atom stereocenters. The fourth-order valence-corrected chi connectivity index (χ4v) is 17.7. The molecule has 0 amide bonds. The lowest BCUT2D eigenvalue weighted by Crippen LogP contribution is -2.31. The smallest absolute Gasteiger partial charge is 0.227 e. The summed E-state index contributed by atoms with van der Waals surface area (Å²) in [7, 11) is 10.1. The van der Waals surface area contributed by atoms with Gasteiger partial charge >= 0.3 is 0 Å². The highest BCUT2D eigenvalue weighted by molar-refractivity contribution is 6.13. The first-order chi connectivity index (χ1) is 66.8. The van der Waals surface area contributed by atoms with Crippen LogP contribution in [-0.4, -0.2) is 24.9 Å². The van der Waals surface area contributed by atoms with Gasteiger partial charge in [-0.3, -0.25) is 0 Å². The molecule has 15 heteroatoms. The predicted molar refractivity (Wildman–Crippen MR) is 520 cm³/mol. The molecule has 0 aliphatic heterocycles. The van der Waals surface area contributed by atoms with E-state index in [0.717, 1.165) is 156 Å². The highest BCUT2D eigenvalue weighted by Crippen LogP contribution is 2.44. The van der Waals surface area contributed by atoms with Crippen LogP contribution < -0.4 is 22.8 Å². The van der Waals surface area contributed by atoms with E-state index in [1.165, 1.54) is 53.3 Å². The molecule has 21 rings (SSSR count). The van der Waals surface area contributed by atoms with Gasteiger partial charge in [-0.25, -0.2) is 47.8 Å². The van der Waals surface area contributed by atoms with Crippen LogP contribution in [0, 0.1) is 75.1 Å². The molecule has 0 bridgehead atoms. The van der Waals surface area contributed by atoms with Crippen molar-refractivity contribution in [2.45, 2.75) is 180 Å².